The largest absolute Gasteiger partial charge is 0.492 e. The first-order chi connectivity index (χ1) is 3.06. The van der Waals surface area contributed by atoms with Gasteiger partial charge in [-0.05, 0) is 6.92 Å². The fourth-order valence-electron chi connectivity index (χ4n) is 0.273. The van der Waals surface area contributed by atoms with Crippen LogP contribution in [0.4, 0.5) is 0 Å². The number of hydrogen-bond acceptors (Lipinski definition) is 3. The van der Waals surface area contributed by atoms with Gasteiger partial charge in [0.1, 0.15) is 0 Å². The molecule has 0 saturated heterocycles. The first kappa shape index (κ1) is 7.10. The van der Waals surface area contributed by atoms with Crippen molar-refractivity contribution in [3.05, 3.63) is 0 Å². The van der Waals surface area contributed by atoms with Crippen LogP contribution >= 0.6 is 0 Å². The Morgan fingerprint density at radius 3 is 2.00 bits per heavy atom. The summed E-state index contributed by atoms with van der Waals surface area (Å²) in [5.41, 5.74) is 0. The van der Waals surface area contributed by atoms with Crippen molar-refractivity contribution in [1.29, 1.82) is 0 Å². The van der Waals surface area contributed by atoms with E-state index in [0.29, 0.717) is 6.61 Å². The Morgan fingerprint density at radius 1 is 1.57 bits per heavy atom. The standard InChI is InChI=1S/C3H10O3Si/c1-3-6-7(2,4)5/h4-5H,3H2,1-2H3. The third-order valence-electron chi connectivity index (χ3n) is 0.418. The Labute approximate surface area is 43.9 Å². The molecule has 0 aliphatic rings. The van der Waals surface area contributed by atoms with E-state index in [1.165, 1.54) is 6.55 Å². The molecule has 0 atom stereocenters. The summed E-state index contributed by atoms with van der Waals surface area (Å²) in [5.74, 6) is 0. The summed E-state index contributed by atoms with van der Waals surface area (Å²) in [6.45, 7) is 3.39. The van der Waals surface area contributed by atoms with Crippen molar-refractivity contribution in [2.24, 2.45) is 0 Å². The van der Waals surface area contributed by atoms with E-state index in [1.54, 1.807) is 6.92 Å². The molecule has 0 aliphatic heterocycles. The highest BCUT2D eigenvalue weighted by molar-refractivity contribution is 6.56. The van der Waals surface area contributed by atoms with Gasteiger partial charge in [-0.2, -0.15) is 0 Å². The van der Waals surface area contributed by atoms with Gasteiger partial charge in [0.15, 0.2) is 0 Å². The van der Waals surface area contributed by atoms with E-state index in [2.05, 4.69) is 4.43 Å². The molecule has 0 unspecified atom stereocenters. The second-order valence-corrected chi connectivity index (χ2v) is 3.52. The van der Waals surface area contributed by atoms with Crippen molar-refractivity contribution in [1.82, 2.24) is 0 Å². The Bertz CT molecular complexity index is 48.6. The maximum Gasteiger partial charge on any atom is 0.492 e. The summed E-state index contributed by atoms with van der Waals surface area (Å²) in [6.07, 6.45) is 0. The van der Waals surface area contributed by atoms with Crippen LogP contribution in [0.2, 0.25) is 6.55 Å². The van der Waals surface area contributed by atoms with Gasteiger partial charge >= 0.3 is 8.80 Å². The molecule has 0 radical (unpaired) electrons. The van der Waals surface area contributed by atoms with Crippen molar-refractivity contribution >= 4 is 8.80 Å². The summed E-state index contributed by atoms with van der Waals surface area (Å²) in [6, 6.07) is 0. The predicted molar refractivity (Wildman–Crippen MR) is 27.7 cm³/mol. The molecule has 4 heteroatoms. The monoisotopic (exact) mass is 122 g/mol. The lowest BCUT2D eigenvalue weighted by Crippen LogP contribution is -2.34. The van der Waals surface area contributed by atoms with E-state index in [1.807, 2.05) is 0 Å². The lowest BCUT2D eigenvalue weighted by atomic mass is 10.9. The van der Waals surface area contributed by atoms with Crippen molar-refractivity contribution < 1.29 is 14.0 Å². The van der Waals surface area contributed by atoms with Crippen molar-refractivity contribution in [3.8, 4) is 0 Å². The molecule has 3 nitrogen and oxygen atoms in total. The molecule has 0 aromatic rings. The summed E-state index contributed by atoms with van der Waals surface area (Å²) in [4.78, 5) is 17.0. The lowest BCUT2D eigenvalue weighted by molar-refractivity contribution is 0.164. The first-order valence-corrected chi connectivity index (χ1v) is 4.45. The number of rotatable bonds is 2. The van der Waals surface area contributed by atoms with Crippen LogP contribution in [0.25, 0.3) is 0 Å². The average Bonchev–Trinajstić information content (AvgIpc) is 1.30. The Kier molecular flexibility index (Phi) is 2.45. The second-order valence-electron chi connectivity index (χ2n) is 1.37. The topological polar surface area (TPSA) is 49.7 Å². The minimum absolute atomic E-state index is 0.371. The van der Waals surface area contributed by atoms with Crippen LogP contribution in [0.15, 0.2) is 0 Å². The lowest BCUT2D eigenvalue weighted by Gasteiger charge is -2.08. The summed E-state index contributed by atoms with van der Waals surface area (Å²) in [5, 5.41) is 0. The Hall–Kier alpha value is 0.0969. The maximum atomic E-state index is 8.49. The van der Waals surface area contributed by atoms with Crippen LogP contribution in [0.3, 0.4) is 0 Å². The quantitative estimate of drug-likeness (QED) is 0.489. The van der Waals surface area contributed by atoms with E-state index in [-0.39, 0.29) is 0 Å². The summed E-state index contributed by atoms with van der Waals surface area (Å²) in [7, 11) is -3.16. The summed E-state index contributed by atoms with van der Waals surface area (Å²) < 4.78 is 4.48. The Balaban J connectivity index is 3.15. The van der Waals surface area contributed by atoms with Crippen LogP contribution < -0.4 is 0 Å². The fraction of sp³-hybridized carbons (Fsp3) is 1.00. The highest BCUT2D eigenvalue weighted by Gasteiger charge is 2.21. The van der Waals surface area contributed by atoms with Gasteiger partial charge in [-0.15, -0.1) is 0 Å². The van der Waals surface area contributed by atoms with Crippen molar-refractivity contribution in [2.75, 3.05) is 6.61 Å². The third kappa shape index (κ3) is 6.10. The van der Waals surface area contributed by atoms with Gasteiger partial charge in [0.05, 0.1) is 0 Å². The molecule has 0 rings (SSSR count). The molecule has 2 N–H and O–H groups in total. The normalized spacial score (nSPS) is 12.0. The first-order valence-electron chi connectivity index (χ1n) is 2.15. The highest BCUT2D eigenvalue weighted by atomic mass is 28.4. The van der Waals surface area contributed by atoms with Gasteiger partial charge < -0.3 is 14.0 Å². The van der Waals surface area contributed by atoms with Gasteiger partial charge in [0.2, 0.25) is 0 Å². The van der Waals surface area contributed by atoms with Crippen LogP contribution in [0, 0.1) is 0 Å². The SMILES string of the molecule is CCO[Si](C)(O)O. The van der Waals surface area contributed by atoms with Gasteiger partial charge in [-0.25, -0.2) is 0 Å². The molecule has 0 spiro atoms. The predicted octanol–water partition coefficient (Wildman–Crippen LogP) is -0.424. The van der Waals surface area contributed by atoms with E-state index >= 15 is 0 Å². The molecule has 0 amide bonds. The summed E-state index contributed by atoms with van der Waals surface area (Å²) >= 11 is 0. The minimum atomic E-state index is -3.16. The van der Waals surface area contributed by atoms with Crippen LogP contribution in [0.5, 0.6) is 0 Å². The highest BCUT2D eigenvalue weighted by Crippen LogP contribution is 1.90. The number of hydrogen-bond donors (Lipinski definition) is 2. The van der Waals surface area contributed by atoms with Gasteiger partial charge in [-0.3, -0.25) is 0 Å². The zero-order valence-electron chi connectivity index (χ0n) is 4.51. The molecular weight excluding hydrogens is 112 g/mol. The average molecular weight is 122 g/mol. The second kappa shape index (κ2) is 2.42. The zero-order valence-corrected chi connectivity index (χ0v) is 5.51. The minimum Gasteiger partial charge on any atom is -0.390 e. The third-order valence-corrected chi connectivity index (χ3v) is 1.25. The van der Waals surface area contributed by atoms with Gasteiger partial charge in [0, 0.05) is 13.2 Å². The molecular formula is C3H10O3Si. The molecule has 0 bridgehead atoms. The van der Waals surface area contributed by atoms with E-state index in [4.69, 9.17) is 9.59 Å². The van der Waals surface area contributed by atoms with Crippen molar-refractivity contribution in [2.45, 2.75) is 13.5 Å². The smallest absolute Gasteiger partial charge is 0.390 e. The molecule has 0 aromatic heterocycles. The van der Waals surface area contributed by atoms with Gasteiger partial charge in [-0.1, -0.05) is 0 Å². The maximum absolute atomic E-state index is 8.49. The Morgan fingerprint density at radius 2 is 2.00 bits per heavy atom. The molecule has 0 aliphatic carbocycles. The van der Waals surface area contributed by atoms with E-state index in [0.717, 1.165) is 0 Å². The fourth-order valence-corrected chi connectivity index (χ4v) is 0.820. The molecule has 0 aromatic carbocycles. The van der Waals surface area contributed by atoms with E-state index in [9.17, 15) is 0 Å². The zero-order chi connectivity index (χ0) is 5.91. The van der Waals surface area contributed by atoms with Crippen LogP contribution in [-0.4, -0.2) is 25.0 Å². The van der Waals surface area contributed by atoms with Crippen LogP contribution in [0.1, 0.15) is 6.92 Å². The van der Waals surface area contributed by atoms with Crippen molar-refractivity contribution in [3.63, 3.8) is 0 Å². The van der Waals surface area contributed by atoms with Gasteiger partial charge in [0.25, 0.3) is 0 Å². The van der Waals surface area contributed by atoms with E-state index < -0.39 is 8.80 Å². The molecule has 0 saturated carbocycles. The molecule has 0 heterocycles. The van der Waals surface area contributed by atoms with Crippen LogP contribution in [-0.2, 0) is 4.43 Å². The molecule has 0 fully saturated rings. The molecule has 44 valence electrons. The molecule has 7 heavy (non-hydrogen) atoms.